The molecule has 0 spiro atoms. The molecule has 0 radical (unpaired) electrons. The number of benzene rings is 1. The molecule has 0 unspecified atom stereocenters. The van der Waals surface area contributed by atoms with Gasteiger partial charge in [-0.25, -0.2) is 4.79 Å². The standard InChI is InChI=1S/C21H32N4O2/c1-20(2,3)16-9-7-15(8-10-16)11-13-22-19(26)23-14-12-17-24-18(27-25-17)21(4,5)6/h7-10H,11-14H2,1-6H3,(H2,22,23,26). The zero-order valence-corrected chi connectivity index (χ0v) is 17.3. The van der Waals surface area contributed by atoms with Crippen LogP contribution in [-0.2, 0) is 23.7 Å². The van der Waals surface area contributed by atoms with Gasteiger partial charge in [-0.2, -0.15) is 4.98 Å². The van der Waals surface area contributed by atoms with Crippen molar-refractivity contribution in [2.75, 3.05) is 13.1 Å². The number of nitrogens with zero attached hydrogens (tertiary/aromatic N) is 2. The van der Waals surface area contributed by atoms with Gasteiger partial charge in [-0.15, -0.1) is 0 Å². The first kappa shape index (κ1) is 20.9. The Morgan fingerprint density at radius 1 is 0.926 bits per heavy atom. The van der Waals surface area contributed by atoms with Crippen LogP contribution < -0.4 is 10.6 Å². The summed E-state index contributed by atoms with van der Waals surface area (Å²) in [7, 11) is 0. The molecule has 0 saturated heterocycles. The summed E-state index contributed by atoms with van der Waals surface area (Å²) in [5, 5.41) is 9.65. The molecule has 6 nitrogen and oxygen atoms in total. The van der Waals surface area contributed by atoms with Crippen molar-refractivity contribution in [3.8, 4) is 0 Å². The average Bonchev–Trinajstić information content (AvgIpc) is 3.04. The fraction of sp³-hybridized carbons (Fsp3) is 0.571. The van der Waals surface area contributed by atoms with E-state index in [1.54, 1.807) is 0 Å². The van der Waals surface area contributed by atoms with E-state index in [-0.39, 0.29) is 16.9 Å². The molecule has 148 valence electrons. The molecule has 27 heavy (non-hydrogen) atoms. The lowest BCUT2D eigenvalue weighted by Gasteiger charge is -2.19. The van der Waals surface area contributed by atoms with Crippen molar-refractivity contribution in [1.29, 1.82) is 0 Å². The van der Waals surface area contributed by atoms with Crippen LogP contribution in [0.2, 0.25) is 0 Å². The number of hydrogen-bond acceptors (Lipinski definition) is 4. The van der Waals surface area contributed by atoms with E-state index >= 15 is 0 Å². The molecule has 6 heteroatoms. The smallest absolute Gasteiger partial charge is 0.314 e. The van der Waals surface area contributed by atoms with E-state index in [0.29, 0.717) is 31.2 Å². The summed E-state index contributed by atoms with van der Waals surface area (Å²) in [5.74, 6) is 1.22. The molecule has 1 aromatic carbocycles. The fourth-order valence-corrected chi connectivity index (χ4v) is 2.50. The molecule has 1 heterocycles. The van der Waals surface area contributed by atoms with Crippen LogP contribution in [0.15, 0.2) is 28.8 Å². The lowest BCUT2D eigenvalue weighted by molar-refractivity contribution is 0.241. The number of carbonyl (C=O) groups excluding carboxylic acids is 1. The highest BCUT2D eigenvalue weighted by Crippen LogP contribution is 2.22. The summed E-state index contributed by atoms with van der Waals surface area (Å²) >= 11 is 0. The number of nitrogens with one attached hydrogen (secondary N) is 2. The van der Waals surface area contributed by atoms with Gasteiger partial charge in [0.15, 0.2) is 5.82 Å². The second-order valence-electron chi connectivity index (χ2n) is 8.90. The molecule has 2 aromatic rings. The van der Waals surface area contributed by atoms with E-state index in [1.165, 1.54) is 11.1 Å². The van der Waals surface area contributed by atoms with Crippen LogP contribution in [0.3, 0.4) is 0 Å². The van der Waals surface area contributed by atoms with Gasteiger partial charge in [-0.1, -0.05) is 71.0 Å². The minimum atomic E-state index is -0.180. The summed E-state index contributed by atoms with van der Waals surface area (Å²) in [6, 6.07) is 8.39. The van der Waals surface area contributed by atoms with Gasteiger partial charge in [0.05, 0.1) is 0 Å². The monoisotopic (exact) mass is 372 g/mol. The quantitative estimate of drug-likeness (QED) is 0.809. The third-order valence-electron chi connectivity index (χ3n) is 4.26. The van der Waals surface area contributed by atoms with Crippen molar-refractivity contribution < 1.29 is 9.32 Å². The van der Waals surface area contributed by atoms with Crippen LogP contribution >= 0.6 is 0 Å². The van der Waals surface area contributed by atoms with Crippen molar-refractivity contribution >= 4 is 6.03 Å². The molecule has 0 aliphatic heterocycles. The van der Waals surface area contributed by atoms with Crippen molar-refractivity contribution in [2.45, 2.75) is 65.2 Å². The van der Waals surface area contributed by atoms with Crippen LogP contribution in [0.4, 0.5) is 4.79 Å². The zero-order valence-electron chi connectivity index (χ0n) is 17.3. The summed E-state index contributed by atoms with van der Waals surface area (Å²) in [6.07, 6.45) is 1.35. The molecule has 0 bridgehead atoms. The number of aromatic nitrogens is 2. The average molecular weight is 373 g/mol. The van der Waals surface area contributed by atoms with Crippen molar-refractivity contribution in [3.05, 3.63) is 47.1 Å². The van der Waals surface area contributed by atoms with Crippen LogP contribution in [0.25, 0.3) is 0 Å². The third kappa shape index (κ3) is 6.70. The van der Waals surface area contributed by atoms with Crippen LogP contribution in [0.5, 0.6) is 0 Å². The maximum absolute atomic E-state index is 11.9. The summed E-state index contributed by atoms with van der Waals surface area (Å²) in [5.41, 5.74) is 2.52. The Balaban J connectivity index is 1.67. The summed E-state index contributed by atoms with van der Waals surface area (Å²) < 4.78 is 5.24. The Bertz CT molecular complexity index is 737. The van der Waals surface area contributed by atoms with E-state index in [9.17, 15) is 4.79 Å². The van der Waals surface area contributed by atoms with Gasteiger partial charge in [-0.05, 0) is 23.0 Å². The van der Waals surface area contributed by atoms with E-state index in [1.807, 2.05) is 20.8 Å². The van der Waals surface area contributed by atoms with Crippen molar-refractivity contribution in [2.24, 2.45) is 0 Å². The minimum absolute atomic E-state index is 0.156. The van der Waals surface area contributed by atoms with Gasteiger partial charge in [-0.3, -0.25) is 0 Å². The first-order valence-electron chi connectivity index (χ1n) is 9.50. The molecule has 2 amide bonds. The first-order valence-corrected chi connectivity index (χ1v) is 9.50. The number of hydrogen-bond donors (Lipinski definition) is 2. The number of carbonyl (C=O) groups is 1. The molecule has 0 aliphatic carbocycles. The van der Waals surface area contributed by atoms with Crippen molar-refractivity contribution in [3.63, 3.8) is 0 Å². The highest BCUT2D eigenvalue weighted by Gasteiger charge is 2.21. The number of amides is 2. The minimum Gasteiger partial charge on any atom is -0.339 e. The topological polar surface area (TPSA) is 80.0 Å². The molecule has 0 aliphatic rings. The summed E-state index contributed by atoms with van der Waals surface area (Å²) in [4.78, 5) is 16.2. The predicted molar refractivity (Wildman–Crippen MR) is 107 cm³/mol. The lowest BCUT2D eigenvalue weighted by atomic mass is 9.86. The molecule has 0 atom stereocenters. The van der Waals surface area contributed by atoms with Gasteiger partial charge in [0.25, 0.3) is 0 Å². The van der Waals surface area contributed by atoms with Gasteiger partial charge >= 0.3 is 6.03 Å². The van der Waals surface area contributed by atoms with E-state index in [2.05, 4.69) is 65.8 Å². The Morgan fingerprint density at radius 2 is 1.52 bits per heavy atom. The molecule has 0 saturated carbocycles. The Hall–Kier alpha value is -2.37. The highest BCUT2D eigenvalue weighted by atomic mass is 16.5. The molecular weight excluding hydrogens is 340 g/mol. The SMILES string of the molecule is CC(C)(C)c1ccc(CCNC(=O)NCCc2noc(C(C)(C)C)n2)cc1. The van der Waals surface area contributed by atoms with Gasteiger partial charge in [0, 0.05) is 24.9 Å². The van der Waals surface area contributed by atoms with Crippen LogP contribution in [0, 0.1) is 0 Å². The Labute approximate surface area is 162 Å². The maximum Gasteiger partial charge on any atom is 0.314 e. The fourth-order valence-electron chi connectivity index (χ4n) is 2.50. The van der Waals surface area contributed by atoms with Gasteiger partial charge in [0.1, 0.15) is 0 Å². The highest BCUT2D eigenvalue weighted by molar-refractivity contribution is 5.73. The molecule has 2 rings (SSSR count). The summed E-state index contributed by atoms with van der Waals surface area (Å²) in [6.45, 7) is 13.7. The van der Waals surface area contributed by atoms with Gasteiger partial charge < -0.3 is 15.2 Å². The predicted octanol–water partition coefficient (Wildman–Crippen LogP) is 3.75. The lowest BCUT2D eigenvalue weighted by Crippen LogP contribution is -2.37. The number of rotatable bonds is 6. The molecule has 2 N–H and O–H groups in total. The van der Waals surface area contributed by atoms with Crippen LogP contribution in [0.1, 0.15) is 64.4 Å². The second-order valence-corrected chi connectivity index (χ2v) is 8.90. The van der Waals surface area contributed by atoms with E-state index in [4.69, 9.17) is 4.52 Å². The molecular formula is C21H32N4O2. The molecule has 1 aromatic heterocycles. The zero-order chi connectivity index (χ0) is 20.1. The second kappa shape index (κ2) is 8.55. The largest absolute Gasteiger partial charge is 0.339 e. The van der Waals surface area contributed by atoms with E-state index in [0.717, 1.165) is 6.42 Å². The maximum atomic E-state index is 11.9. The number of urea groups is 1. The van der Waals surface area contributed by atoms with E-state index < -0.39 is 0 Å². The van der Waals surface area contributed by atoms with Crippen molar-refractivity contribution in [1.82, 2.24) is 20.8 Å². The normalized spacial score (nSPS) is 12.1. The third-order valence-corrected chi connectivity index (χ3v) is 4.26. The first-order chi connectivity index (χ1) is 12.6. The molecule has 0 fully saturated rings. The van der Waals surface area contributed by atoms with Gasteiger partial charge in [0.2, 0.25) is 5.89 Å². The Kier molecular flexibility index (Phi) is 6.63. The van der Waals surface area contributed by atoms with Crippen LogP contribution in [-0.4, -0.2) is 29.3 Å². The Morgan fingerprint density at radius 3 is 2.04 bits per heavy atom.